The summed E-state index contributed by atoms with van der Waals surface area (Å²) < 4.78 is 4.96. The maximum Gasteiger partial charge on any atom is 0.142 e. The number of methoxy groups -OCH3 is 1. The zero-order valence-corrected chi connectivity index (χ0v) is 6.87. The summed E-state index contributed by atoms with van der Waals surface area (Å²) in [5, 5.41) is 9.04. The van der Waals surface area contributed by atoms with Gasteiger partial charge in [-0.25, -0.2) is 0 Å². The highest BCUT2D eigenvalue weighted by atomic mass is 16.5. The van der Waals surface area contributed by atoms with Crippen LogP contribution >= 0.6 is 0 Å². The van der Waals surface area contributed by atoms with Gasteiger partial charge < -0.3 is 15.6 Å². The van der Waals surface area contributed by atoms with Crippen LogP contribution in [0.1, 0.15) is 5.56 Å². The van der Waals surface area contributed by atoms with Crippen molar-refractivity contribution in [2.75, 3.05) is 12.8 Å². The number of nitrogen functional groups attached to an aromatic ring is 1. The van der Waals surface area contributed by atoms with Gasteiger partial charge in [0.25, 0.3) is 0 Å². The Balaban J connectivity index is 3.13. The molecular weight excluding hydrogens is 154 g/mol. The lowest BCUT2D eigenvalue weighted by atomic mass is 10.1. The minimum absolute atomic E-state index is 0.00769. The maximum atomic E-state index is 9.04. The quantitative estimate of drug-likeness (QED) is 0.519. The number of ether oxygens (including phenoxy) is 1. The van der Waals surface area contributed by atoms with Crippen LogP contribution in [0.4, 0.5) is 5.69 Å². The third-order valence-corrected chi connectivity index (χ3v) is 1.57. The molecule has 1 aromatic rings. The smallest absolute Gasteiger partial charge is 0.142 e. The predicted molar refractivity (Wildman–Crippen MR) is 49.1 cm³/mol. The van der Waals surface area contributed by atoms with Crippen molar-refractivity contribution in [3.63, 3.8) is 0 Å². The summed E-state index contributed by atoms with van der Waals surface area (Å²) >= 11 is 0. The van der Waals surface area contributed by atoms with E-state index in [4.69, 9.17) is 15.6 Å². The summed E-state index contributed by atoms with van der Waals surface area (Å²) in [4.78, 5) is 0. The van der Waals surface area contributed by atoms with E-state index in [1.165, 1.54) is 7.11 Å². The topological polar surface area (TPSA) is 55.5 Å². The molecule has 0 aromatic heterocycles. The van der Waals surface area contributed by atoms with Crippen LogP contribution in [-0.2, 0) is 0 Å². The van der Waals surface area contributed by atoms with Gasteiger partial charge in [-0.15, -0.1) is 0 Å². The van der Waals surface area contributed by atoms with Gasteiger partial charge in [0.05, 0.1) is 12.8 Å². The average molecular weight is 165 g/mol. The van der Waals surface area contributed by atoms with E-state index < -0.39 is 0 Å². The molecule has 0 unspecified atom stereocenters. The Morgan fingerprint density at radius 2 is 2.25 bits per heavy atom. The number of anilines is 1. The SMILES string of the molecule is C=C(O)c1ccc(N)c(OC)c1. The second-order valence-electron chi connectivity index (χ2n) is 2.40. The van der Waals surface area contributed by atoms with E-state index in [1.54, 1.807) is 18.2 Å². The Morgan fingerprint density at radius 1 is 1.58 bits per heavy atom. The molecule has 0 heterocycles. The first-order chi connectivity index (χ1) is 5.65. The number of rotatable bonds is 2. The Morgan fingerprint density at radius 3 is 2.75 bits per heavy atom. The third-order valence-electron chi connectivity index (χ3n) is 1.57. The van der Waals surface area contributed by atoms with Crippen molar-refractivity contribution in [1.82, 2.24) is 0 Å². The fourth-order valence-electron chi connectivity index (χ4n) is 0.891. The van der Waals surface area contributed by atoms with Gasteiger partial charge in [-0.1, -0.05) is 6.58 Å². The van der Waals surface area contributed by atoms with Gasteiger partial charge in [-0.3, -0.25) is 0 Å². The lowest BCUT2D eigenvalue weighted by Crippen LogP contribution is -1.93. The highest BCUT2D eigenvalue weighted by Gasteiger charge is 2.01. The number of benzene rings is 1. The van der Waals surface area contributed by atoms with E-state index in [-0.39, 0.29) is 5.76 Å². The van der Waals surface area contributed by atoms with Crippen LogP contribution in [0.15, 0.2) is 24.8 Å². The van der Waals surface area contributed by atoms with Gasteiger partial charge in [0.15, 0.2) is 0 Å². The van der Waals surface area contributed by atoms with E-state index in [1.807, 2.05) is 0 Å². The fourth-order valence-corrected chi connectivity index (χ4v) is 0.891. The Bertz CT molecular complexity index is 307. The molecule has 0 aliphatic carbocycles. The van der Waals surface area contributed by atoms with Crippen LogP contribution in [0, 0.1) is 0 Å². The van der Waals surface area contributed by atoms with E-state index in [9.17, 15) is 0 Å². The van der Waals surface area contributed by atoms with E-state index >= 15 is 0 Å². The maximum absolute atomic E-state index is 9.04. The number of nitrogens with two attached hydrogens (primary N) is 1. The van der Waals surface area contributed by atoms with Crippen molar-refractivity contribution in [3.05, 3.63) is 30.3 Å². The second-order valence-corrected chi connectivity index (χ2v) is 2.40. The molecule has 3 nitrogen and oxygen atoms in total. The molecule has 1 rings (SSSR count). The molecule has 0 aliphatic rings. The summed E-state index contributed by atoms with van der Waals surface area (Å²) in [6.45, 7) is 3.39. The molecule has 3 N–H and O–H groups in total. The molecule has 0 saturated carbocycles. The lowest BCUT2D eigenvalue weighted by Gasteiger charge is -2.05. The van der Waals surface area contributed by atoms with Gasteiger partial charge in [0.1, 0.15) is 11.5 Å². The molecule has 0 atom stereocenters. The molecule has 1 aromatic carbocycles. The summed E-state index contributed by atoms with van der Waals surface area (Å²) in [5.74, 6) is 0.552. The van der Waals surface area contributed by atoms with Crippen molar-refractivity contribution < 1.29 is 9.84 Å². The fraction of sp³-hybridized carbons (Fsp3) is 0.111. The van der Waals surface area contributed by atoms with E-state index in [0.717, 1.165) is 0 Å². The number of aliphatic hydroxyl groups is 1. The molecule has 0 amide bonds. The number of aliphatic hydroxyl groups excluding tert-OH is 1. The molecule has 0 fully saturated rings. The van der Waals surface area contributed by atoms with Gasteiger partial charge >= 0.3 is 0 Å². The largest absolute Gasteiger partial charge is 0.508 e. The number of hydrogen-bond acceptors (Lipinski definition) is 3. The Hall–Kier alpha value is -1.64. The standard InChI is InChI=1S/C9H11NO2/c1-6(11)7-3-4-8(10)9(5-7)12-2/h3-5,11H,1,10H2,2H3. The van der Waals surface area contributed by atoms with Crippen molar-refractivity contribution in [3.8, 4) is 5.75 Å². The summed E-state index contributed by atoms with van der Waals surface area (Å²) in [6.07, 6.45) is 0. The van der Waals surface area contributed by atoms with Gasteiger partial charge in [-0.2, -0.15) is 0 Å². The first kappa shape index (κ1) is 8.46. The summed E-state index contributed by atoms with van der Waals surface area (Å²) in [5.41, 5.74) is 6.72. The first-order valence-corrected chi connectivity index (χ1v) is 3.47. The van der Waals surface area contributed by atoms with Gasteiger partial charge in [0, 0.05) is 5.56 Å². The van der Waals surface area contributed by atoms with Crippen LogP contribution in [0.25, 0.3) is 5.76 Å². The van der Waals surface area contributed by atoms with Crippen LogP contribution < -0.4 is 10.5 Å². The highest BCUT2D eigenvalue weighted by molar-refractivity contribution is 5.64. The molecule has 0 aliphatic heterocycles. The third kappa shape index (κ3) is 1.50. The van der Waals surface area contributed by atoms with Gasteiger partial charge in [0.2, 0.25) is 0 Å². The van der Waals surface area contributed by atoms with E-state index in [2.05, 4.69) is 6.58 Å². The van der Waals surface area contributed by atoms with Crippen LogP contribution in [0.5, 0.6) is 5.75 Å². The van der Waals surface area contributed by atoms with Crippen molar-refractivity contribution >= 4 is 11.4 Å². The second kappa shape index (κ2) is 3.17. The monoisotopic (exact) mass is 165 g/mol. The van der Waals surface area contributed by atoms with Crippen molar-refractivity contribution in [1.29, 1.82) is 0 Å². The highest BCUT2D eigenvalue weighted by Crippen LogP contribution is 2.24. The van der Waals surface area contributed by atoms with Crippen molar-refractivity contribution in [2.45, 2.75) is 0 Å². The van der Waals surface area contributed by atoms with Crippen molar-refractivity contribution in [2.24, 2.45) is 0 Å². The minimum Gasteiger partial charge on any atom is -0.508 e. The molecule has 0 radical (unpaired) electrons. The molecule has 0 spiro atoms. The average Bonchev–Trinajstić information content (AvgIpc) is 2.05. The lowest BCUT2D eigenvalue weighted by molar-refractivity contribution is 0.416. The molecule has 12 heavy (non-hydrogen) atoms. The van der Waals surface area contributed by atoms with Crippen LogP contribution in [0.2, 0.25) is 0 Å². The molecule has 0 saturated heterocycles. The minimum atomic E-state index is 0.00769. The van der Waals surface area contributed by atoms with E-state index in [0.29, 0.717) is 17.0 Å². The Kier molecular flexibility index (Phi) is 2.24. The molecule has 0 bridgehead atoms. The summed E-state index contributed by atoms with van der Waals surface area (Å²) in [7, 11) is 1.52. The zero-order chi connectivity index (χ0) is 9.14. The Labute approximate surface area is 71.1 Å². The van der Waals surface area contributed by atoms with Crippen LogP contribution in [0.3, 0.4) is 0 Å². The number of hydrogen-bond donors (Lipinski definition) is 2. The molecule has 3 heteroatoms. The molecule has 64 valence electrons. The zero-order valence-electron chi connectivity index (χ0n) is 6.87. The predicted octanol–water partition coefficient (Wildman–Crippen LogP) is 1.81. The summed E-state index contributed by atoms with van der Waals surface area (Å²) in [6, 6.07) is 4.98. The first-order valence-electron chi connectivity index (χ1n) is 3.47. The van der Waals surface area contributed by atoms with Crippen LogP contribution in [-0.4, -0.2) is 12.2 Å². The molecular formula is C9H11NO2. The normalized spacial score (nSPS) is 9.42. The van der Waals surface area contributed by atoms with Gasteiger partial charge in [-0.05, 0) is 18.2 Å².